The molecule has 1 aromatic carbocycles. The Balaban J connectivity index is 2.28. The van der Waals surface area contributed by atoms with Gasteiger partial charge in [0.05, 0.1) is 11.3 Å². The van der Waals surface area contributed by atoms with Crippen molar-refractivity contribution in [1.82, 2.24) is 4.98 Å². The predicted octanol–water partition coefficient (Wildman–Crippen LogP) is 3.46. The third-order valence-electron chi connectivity index (χ3n) is 2.21. The van der Waals surface area contributed by atoms with E-state index >= 15 is 0 Å². The summed E-state index contributed by atoms with van der Waals surface area (Å²) in [6.45, 7) is 0. The molecule has 2 N–H and O–H groups in total. The average molecular weight is 328 g/mol. The van der Waals surface area contributed by atoms with Crippen LogP contribution < -0.4 is 5.32 Å². The number of phenolic OH excluding ortho intramolecular Hbond substituents is 1. The highest BCUT2D eigenvalue weighted by Crippen LogP contribution is 2.24. The van der Waals surface area contributed by atoms with Gasteiger partial charge in [0, 0.05) is 11.2 Å². The normalized spacial score (nSPS) is 10.1. The maximum absolute atomic E-state index is 12.0. The zero-order valence-corrected chi connectivity index (χ0v) is 11.4. The van der Waals surface area contributed by atoms with Gasteiger partial charge in [-0.15, -0.1) is 0 Å². The summed E-state index contributed by atoms with van der Waals surface area (Å²) in [5, 5.41) is 12.6. The fraction of sp³-hybridized carbons (Fsp3) is 0. The lowest BCUT2D eigenvalue weighted by atomic mass is 10.2. The van der Waals surface area contributed by atoms with Crippen molar-refractivity contribution in [3.05, 3.63) is 51.7 Å². The molecule has 0 aliphatic rings. The number of rotatable bonds is 2. The molecule has 18 heavy (non-hydrogen) atoms. The zero-order valence-electron chi connectivity index (χ0n) is 9.02. The number of nitrogens with one attached hydrogen (secondary N) is 1. The van der Waals surface area contributed by atoms with E-state index in [1.807, 2.05) is 0 Å². The van der Waals surface area contributed by atoms with Crippen LogP contribution in [-0.2, 0) is 0 Å². The molecule has 4 nitrogen and oxygen atoms in total. The van der Waals surface area contributed by atoms with Crippen LogP contribution in [0.1, 0.15) is 10.4 Å². The molecule has 0 atom stereocenters. The Morgan fingerprint density at radius 1 is 1.39 bits per heavy atom. The highest BCUT2D eigenvalue weighted by molar-refractivity contribution is 9.10. The predicted molar refractivity (Wildman–Crippen MR) is 73.0 cm³/mol. The van der Waals surface area contributed by atoms with E-state index in [1.54, 1.807) is 18.3 Å². The largest absolute Gasteiger partial charge is 0.507 e. The molecule has 2 aromatic rings. The second kappa shape index (κ2) is 5.37. The van der Waals surface area contributed by atoms with E-state index in [0.29, 0.717) is 15.3 Å². The van der Waals surface area contributed by atoms with Gasteiger partial charge >= 0.3 is 0 Å². The average Bonchev–Trinajstić information content (AvgIpc) is 2.35. The van der Waals surface area contributed by atoms with E-state index in [4.69, 9.17) is 11.6 Å². The van der Waals surface area contributed by atoms with Gasteiger partial charge in [-0.2, -0.15) is 0 Å². The SMILES string of the molecule is O=C(Nc1cccnc1Br)c1cc(Cl)ccc1O. The molecule has 6 heteroatoms. The van der Waals surface area contributed by atoms with Gasteiger partial charge in [-0.25, -0.2) is 4.98 Å². The van der Waals surface area contributed by atoms with E-state index in [-0.39, 0.29) is 11.3 Å². The molecule has 1 amide bonds. The second-order valence-corrected chi connectivity index (χ2v) is 4.64. The van der Waals surface area contributed by atoms with Gasteiger partial charge in [-0.3, -0.25) is 4.79 Å². The molecule has 0 saturated carbocycles. The Labute approximate surface area is 117 Å². The Morgan fingerprint density at radius 3 is 2.89 bits per heavy atom. The molecule has 0 aliphatic heterocycles. The van der Waals surface area contributed by atoms with Crippen LogP contribution in [0.25, 0.3) is 0 Å². The number of amides is 1. The lowest BCUT2D eigenvalue weighted by molar-refractivity contribution is 0.102. The molecule has 1 aromatic heterocycles. The Morgan fingerprint density at radius 2 is 2.17 bits per heavy atom. The molecule has 1 heterocycles. The first kappa shape index (κ1) is 12.9. The van der Waals surface area contributed by atoms with Gasteiger partial charge in [0.25, 0.3) is 5.91 Å². The number of hydrogen-bond donors (Lipinski definition) is 2. The third kappa shape index (κ3) is 2.80. The number of carbonyl (C=O) groups is 1. The summed E-state index contributed by atoms with van der Waals surface area (Å²) in [7, 11) is 0. The van der Waals surface area contributed by atoms with Crippen molar-refractivity contribution >= 4 is 39.1 Å². The monoisotopic (exact) mass is 326 g/mol. The van der Waals surface area contributed by atoms with E-state index in [0.717, 1.165) is 0 Å². The third-order valence-corrected chi connectivity index (χ3v) is 3.08. The van der Waals surface area contributed by atoms with Crippen LogP contribution in [0.3, 0.4) is 0 Å². The summed E-state index contributed by atoms with van der Waals surface area (Å²) in [6.07, 6.45) is 1.59. The first-order valence-corrected chi connectivity index (χ1v) is 6.15. The minimum absolute atomic E-state index is 0.109. The number of aromatic hydroxyl groups is 1. The summed E-state index contributed by atoms with van der Waals surface area (Å²) in [6, 6.07) is 7.66. The summed E-state index contributed by atoms with van der Waals surface area (Å²) >= 11 is 9.00. The quantitative estimate of drug-likeness (QED) is 0.830. The lowest BCUT2D eigenvalue weighted by Gasteiger charge is -2.08. The first-order valence-electron chi connectivity index (χ1n) is 4.98. The lowest BCUT2D eigenvalue weighted by Crippen LogP contribution is -2.12. The summed E-state index contributed by atoms with van der Waals surface area (Å²) in [4.78, 5) is 15.9. The van der Waals surface area contributed by atoms with Crippen LogP contribution in [0.2, 0.25) is 5.02 Å². The van der Waals surface area contributed by atoms with Crippen molar-refractivity contribution in [3.63, 3.8) is 0 Å². The number of phenols is 1. The maximum atomic E-state index is 12.0. The molecule has 0 saturated heterocycles. The van der Waals surface area contributed by atoms with E-state index in [2.05, 4.69) is 26.2 Å². The molecular weight excluding hydrogens is 320 g/mol. The standard InChI is InChI=1S/C12H8BrClN2O2/c13-11-9(2-1-5-15-11)16-12(18)8-6-7(14)3-4-10(8)17/h1-6,17H,(H,16,18). The van der Waals surface area contributed by atoms with Crippen molar-refractivity contribution in [2.45, 2.75) is 0 Å². The van der Waals surface area contributed by atoms with Crippen LogP contribution in [0, 0.1) is 0 Å². The Bertz CT molecular complexity index is 604. The van der Waals surface area contributed by atoms with Crippen molar-refractivity contribution in [2.24, 2.45) is 0 Å². The minimum Gasteiger partial charge on any atom is -0.507 e. The van der Waals surface area contributed by atoms with Crippen molar-refractivity contribution < 1.29 is 9.90 Å². The molecule has 0 bridgehead atoms. The number of benzene rings is 1. The summed E-state index contributed by atoms with van der Waals surface area (Å²) in [5.41, 5.74) is 0.625. The van der Waals surface area contributed by atoms with Gasteiger partial charge in [-0.1, -0.05) is 11.6 Å². The van der Waals surface area contributed by atoms with Crippen molar-refractivity contribution in [1.29, 1.82) is 0 Å². The molecule has 0 unspecified atom stereocenters. The van der Waals surface area contributed by atoms with Crippen LogP contribution in [0.15, 0.2) is 41.1 Å². The van der Waals surface area contributed by atoms with Crippen LogP contribution in [0.4, 0.5) is 5.69 Å². The molecule has 92 valence electrons. The van der Waals surface area contributed by atoms with E-state index < -0.39 is 5.91 Å². The number of anilines is 1. The molecule has 0 radical (unpaired) electrons. The zero-order chi connectivity index (χ0) is 13.1. The van der Waals surface area contributed by atoms with Gasteiger partial charge in [0.2, 0.25) is 0 Å². The van der Waals surface area contributed by atoms with E-state index in [1.165, 1.54) is 18.2 Å². The summed E-state index contributed by atoms with van der Waals surface area (Å²) < 4.78 is 0.514. The Kier molecular flexibility index (Phi) is 3.84. The number of aromatic nitrogens is 1. The minimum atomic E-state index is -0.455. The molecule has 2 rings (SSSR count). The van der Waals surface area contributed by atoms with Gasteiger partial charge < -0.3 is 10.4 Å². The molecule has 0 aliphatic carbocycles. The smallest absolute Gasteiger partial charge is 0.259 e. The number of pyridine rings is 1. The van der Waals surface area contributed by atoms with Crippen LogP contribution in [0.5, 0.6) is 5.75 Å². The maximum Gasteiger partial charge on any atom is 0.259 e. The van der Waals surface area contributed by atoms with Crippen LogP contribution in [-0.4, -0.2) is 16.0 Å². The van der Waals surface area contributed by atoms with Gasteiger partial charge in [0.1, 0.15) is 10.4 Å². The molecule has 0 fully saturated rings. The highest BCUT2D eigenvalue weighted by Gasteiger charge is 2.13. The fourth-order valence-corrected chi connectivity index (χ4v) is 1.88. The van der Waals surface area contributed by atoms with Crippen LogP contribution >= 0.6 is 27.5 Å². The number of nitrogens with zero attached hydrogens (tertiary/aromatic N) is 1. The topological polar surface area (TPSA) is 62.2 Å². The fourth-order valence-electron chi connectivity index (χ4n) is 1.36. The number of hydrogen-bond acceptors (Lipinski definition) is 3. The van der Waals surface area contributed by atoms with Crippen molar-refractivity contribution in [2.75, 3.05) is 5.32 Å². The van der Waals surface area contributed by atoms with Crippen molar-refractivity contribution in [3.8, 4) is 5.75 Å². The number of halogens is 2. The molecule has 0 spiro atoms. The first-order chi connectivity index (χ1) is 8.58. The van der Waals surface area contributed by atoms with E-state index in [9.17, 15) is 9.90 Å². The molecular formula is C12H8BrClN2O2. The number of carbonyl (C=O) groups excluding carboxylic acids is 1. The van der Waals surface area contributed by atoms with Gasteiger partial charge in [-0.05, 0) is 46.3 Å². The van der Waals surface area contributed by atoms with Gasteiger partial charge in [0.15, 0.2) is 0 Å². The second-order valence-electron chi connectivity index (χ2n) is 3.46. The summed E-state index contributed by atoms with van der Waals surface area (Å²) in [5.74, 6) is -0.583. The highest BCUT2D eigenvalue weighted by atomic mass is 79.9. The Hall–Kier alpha value is -1.59.